The fraction of sp³-hybridized carbons (Fsp3) is 0.300. The third-order valence-corrected chi connectivity index (χ3v) is 4.43. The predicted molar refractivity (Wildman–Crippen MR) is 103 cm³/mol. The van der Waals surface area contributed by atoms with Crippen molar-refractivity contribution in [1.29, 1.82) is 0 Å². The summed E-state index contributed by atoms with van der Waals surface area (Å²) in [6.07, 6.45) is 0.458. The van der Waals surface area contributed by atoms with Gasteiger partial charge in [-0.1, -0.05) is 43.3 Å². The first-order valence-electron chi connectivity index (χ1n) is 8.84. The molecular weight excluding hydrogens is 342 g/mol. The number of nitrogens with zero attached hydrogens (tertiary/aromatic N) is 3. The first-order chi connectivity index (χ1) is 13.1. The van der Waals surface area contributed by atoms with Crippen LogP contribution in [-0.4, -0.2) is 33.6 Å². The van der Waals surface area contributed by atoms with Gasteiger partial charge in [-0.2, -0.15) is 5.21 Å². The molecule has 7 heteroatoms. The number of methoxy groups -OCH3 is 1. The average Bonchev–Trinajstić information content (AvgIpc) is 3.21. The van der Waals surface area contributed by atoms with Crippen LogP contribution in [0.5, 0.6) is 5.75 Å². The smallest absolute Gasteiger partial charge is 0.235 e. The fourth-order valence-corrected chi connectivity index (χ4v) is 2.80. The number of carbonyl (C=O) groups excluding carboxylic acids is 1. The van der Waals surface area contributed by atoms with E-state index in [1.165, 1.54) is 5.56 Å². The second kappa shape index (κ2) is 8.44. The number of ether oxygens (including phenoxy) is 1. The summed E-state index contributed by atoms with van der Waals surface area (Å²) in [6.45, 7) is 4.27. The molecule has 1 aromatic heterocycles. The highest BCUT2D eigenvalue weighted by atomic mass is 16.5. The van der Waals surface area contributed by atoms with Crippen LogP contribution in [0.15, 0.2) is 48.5 Å². The Morgan fingerprint density at radius 3 is 2.37 bits per heavy atom. The molecule has 0 bridgehead atoms. The fourth-order valence-electron chi connectivity index (χ4n) is 2.80. The quantitative estimate of drug-likeness (QED) is 0.670. The van der Waals surface area contributed by atoms with Crippen molar-refractivity contribution in [2.75, 3.05) is 12.4 Å². The third-order valence-electron chi connectivity index (χ3n) is 4.43. The number of amides is 1. The Morgan fingerprint density at radius 1 is 1.11 bits per heavy atom. The molecular formula is C20H23N5O2. The normalized spacial score (nSPS) is 12.0. The topological polar surface area (TPSA) is 92.8 Å². The molecule has 0 aliphatic heterocycles. The lowest BCUT2D eigenvalue weighted by Gasteiger charge is -2.15. The molecule has 140 valence electrons. The Kier molecular flexibility index (Phi) is 5.80. The number of tetrazole rings is 1. The van der Waals surface area contributed by atoms with Crippen LogP contribution in [0, 0.1) is 0 Å². The van der Waals surface area contributed by atoms with Crippen LogP contribution >= 0.6 is 0 Å². The minimum absolute atomic E-state index is 0.176. The molecule has 0 fully saturated rings. The Morgan fingerprint density at radius 2 is 1.81 bits per heavy atom. The summed E-state index contributed by atoms with van der Waals surface area (Å²) in [4.78, 5) is 12.9. The predicted octanol–water partition coefficient (Wildman–Crippen LogP) is 3.30. The van der Waals surface area contributed by atoms with Gasteiger partial charge in [-0.05, 0) is 47.7 Å². The van der Waals surface area contributed by atoms with Crippen molar-refractivity contribution in [3.63, 3.8) is 0 Å². The van der Waals surface area contributed by atoms with Gasteiger partial charge in [0.2, 0.25) is 5.91 Å². The van der Waals surface area contributed by atoms with Gasteiger partial charge in [0.25, 0.3) is 0 Å². The van der Waals surface area contributed by atoms with E-state index in [1.54, 1.807) is 7.11 Å². The molecule has 3 aromatic rings. The molecule has 0 spiro atoms. The standard InChI is InChI=1S/C20H23N5O2/c1-13(2)15-6-8-16(9-7-15)21-20(26)18(19-22-24-25-23-19)12-14-4-10-17(27-3)11-5-14/h4-11,13,18H,12H2,1-3H3,(H,21,26)(H,22,23,24,25). The number of benzene rings is 2. The molecule has 7 nitrogen and oxygen atoms in total. The van der Waals surface area contributed by atoms with Crippen LogP contribution in [0.1, 0.15) is 42.6 Å². The molecule has 2 N–H and O–H groups in total. The summed E-state index contributed by atoms with van der Waals surface area (Å²) in [5.41, 5.74) is 2.95. The maximum absolute atomic E-state index is 12.9. The summed E-state index contributed by atoms with van der Waals surface area (Å²) >= 11 is 0. The lowest BCUT2D eigenvalue weighted by atomic mass is 9.97. The van der Waals surface area contributed by atoms with Crippen molar-refractivity contribution >= 4 is 11.6 Å². The Bertz CT molecular complexity index is 858. The molecule has 1 unspecified atom stereocenters. The largest absolute Gasteiger partial charge is 0.497 e. The number of nitrogens with one attached hydrogen (secondary N) is 2. The molecule has 3 rings (SSSR count). The molecule has 2 aromatic carbocycles. The summed E-state index contributed by atoms with van der Waals surface area (Å²) in [7, 11) is 1.62. The van der Waals surface area contributed by atoms with Crippen molar-refractivity contribution in [3.8, 4) is 5.75 Å². The van der Waals surface area contributed by atoms with Gasteiger partial charge in [0, 0.05) is 5.69 Å². The highest BCUT2D eigenvalue weighted by Gasteiger charge is 2.25. The van der Waals surface area contributed by atoms with Gasteiger partial charge < -0.3 is 10.1 Å². The van der Waals surface area contributed by atoms with E-state index in [0.29, 0.717) is 18.2 Å². The number of aromatic amines is 1. The molecule has 0 saturated carbocycles. The molecule has 1 atom stereocenters. The molecule has 0 aliphatic rings. The first-order valence-corrected chi connectivity index (χ1v) is 8.84. The number of H-pyrrole nitrogens is 1. The van der Waals surface area contributed by atoms with Crippen molar-refractivity contribution in [1.82, 2.24) is 20.6 Å². The summed E-state index contributed by atoms with van der Waals surface area (Å²) in [5.74, 6) is 0.843. The van der Waals surface area contributed by atoms with Crippen molar-refractivity contribution in [2.24, 2.45) is 0 Å². The van der Waals surface area contributed by atoms with Crippen LogP contribution in [-0.2, 0) is 11.2 Å². The van der Waals surface area contributed by atoms with Crippen LogP contribution in [0.3, 0.4) is 0 Å². The number of aromatic nitrogens is 4. The first kappa shape index (κ1) is 18.6. The Hall–Kier alpha value is -3.22. The highest BCUT2D eigenvalue weighted by Crippen LogP contribution is 2.23. The second-order valence-corrected chi connectivity index (χ2v) is 6.64. The molecule has 0 saturated heterocycles. The summed E-state index contributed by atoms with van der Waals surface area (Å²) < 4.78 is 5.18. The van der Waals surface area contributed by atoms with E-state index in [0.717, 1.165) is 17.0 Å². The van der Waals surface area contributed by atoms with E-state index >= 15 is 0 Å². The van der Waals surface area contributed by atoms with Gasteiger partial charge in [-0.25, -0.2) is 0 Å². The molecule has 0 radical (unpaired) electrons. The van der Waals surface area contributed by atoms with Gasteiger partial charge in [-0.15, -0.1) is 10.2 Å². The molecule has 1 amide bonds. The summed E-state index contributed by atoms with van der Waals surface area (Å²) in [6, 6.07) is 15.4. The van der Waals surface area contributed by atoms with Crippen LogP contribution < -0.4 is 10.1 Å². The van der Waals surface area contributed by atoms with Crippen LogP contribution in [0.2, 0.25) is 0 Å². The Labute approximate surface area is 158 Å². The van der Waals surface area contributed by atoms with Gasteiger partial charge in [-0.3, -0.25) is 4.79 Å². The van der Waals surface area contributed by atoms with Crippen LogP contribution in [0.25, 0.3) is 0 Å². The number of carbonyl (C=O) groups is 1. The maximum atomic E-state index is 12.9. The molecule has 27 heavy (non-hydrogen) atoms. The van der Waals surface area contributed by atoms with Gasteiger partial charge >= 0.3 is 0 Å². The highest BCUT2D eigenvalue weighted by molar-refractivity contribution is 5.95. The van der Waals surface area contributed by atoms with E-state index in [2.05, 4.69) is 39.8 Å². The monoisotopic (exact) mass is 365 g/mol. The van der Waals surface area contributed by atoms with Gasteiger partial charge in [0.15, 0.2) is 5.82 Å². The van der Waals surface area contributed by atoms with Crippen molar-refractivity contribution < 1.29 is 9.53 Å². The number of hydrogen-bond acceptors (Lipinski definition) is 5. The van der Waals surface area contributed by atoms with Gasteiger partial charge in [0.05, 0.1) is 7.11 Å². The lowest BCUT2D eigenvalue weighted by molar-refractivity contribution is -0.117. The van der Waals surface area contributed by atoms with Crippen LogP contribution in [0.4, 0.5) is 5.69 Å². The minimum Gasteiger partial charge on any atom is -0.497 e. The zero-order valence-corrected chi connectivity index (χ0v) is 15.6. The van der Waals surface area contributed by atoms with E-state index in [4.69, 9.17) is 4.74 Å². The number of hydrogen-bond donors (Lipinski definition) is 2. The van der Waals surface area contributed by atoms with E-state index < -0.39 is 5.92 Å². The Balaban J connectivity index is 1.76. The SMILES string of the molecule is COc1ccc(CC(C(=O)Nc2ccc(C(C)C)cc2)c2nn[nH]n2)cc1. The lowest BCUT2D eigenvalue weighted by Crippen LogP contribution is -2.24. The number of rotatable bonds is 7. The second-order valence-electron chi connectivity index (χ2n) is 6.64. The number of anilines is 1. The maximum Gasteiger partial charge on any atom is 0.235 e. The average molecular weight is 365 g/mol. The minimum atomic E-state index is -0.554. The van der Waals surface area contributed by atoms with Gasteiger partial charge in [0.1, 0.15) is 11.7 Å². The molecule has 1 heterocycles. The zero-order valence-electron chi connectivity index (χ0n) is 15.6. The molecule has 0 aliphatic carbocycles. The van der Waals surface area contributed by atoms with E-state index in [9.17, 15) is 4.79 Å². The summed E-state index contributed by atoms with van der Waals surface area (Å²) in [5, 5.41) is 17.0. The van der Waals surface area contributed by atoms with Crippen molar-refractivity contribution in [2.45, 2.75) is 32.1 Å². The van der Waals surface area contributed by atoms with Crippen molar-refractivity contribution in [3.05, 3.63) is 65.5 Å². The zero-order chi connectivity index (χ0) is 19.2. The van der Waals surface area contributed by atoms with E-state index in [-0.39, 0.29) is 5.91 Å². The third kappa shape index (κ3) is 4.69. The van der Waals surface area contributed by atoms with E-state index in [1.807, 2.05) is 48.5 Å².